The van der Waals surface area contributed by atoms with Crippen molar-refractivity contribution in [1.29, 1.82) is 0 Å². The molecule has 0 saturated heterocycles. The molecule has 0 saturated carbocycles. The van der Waals surface area contributed by atoms with Crippen LogP contribution in [0.15, 0.2) is 36.4 Å². The van der Waals surface area contributed by atoms with Gasteiger partial charge in [-0.1, -0.05) is 11.6 Å². The van der Waals surface area contributed by atoms with Gasteiger partial charge in [-0.05, 0) is 42.5 Å². The highest BCUT2D eigenvalue weighted by Gasteiger charge is 2.09. The fourth-order valence-corrected chi connectivity index (χ4v) is 2.44. The Labute approximate surface area is 117 Å². The van der Waals surface area contributed by atoms with Crippen molar-refractivity contribution in [2.75, 3.05) is 0 Å². The van der Waals surface area contributed by atoms with E-state index >= 15 is 0 Å². The maximum absolute atomic E-state index is 13.3. The molecule has 0 amide bonds. The molecule has 2 aromatic carbocycles. The van der Waals surface area contributed by atoms with Crippen molar-refractivity contribution in [1.82, 2.24) is 9.55 Å². The van der Waals surface area contributed by atoms with Crippen molar-refractivity contribution < 1.29 is 8.78 Å². The number of halogens is 3. The van der Waals surface area contributed by atoms with E-state index in [1.54, 1.807) is 22.8 Å². The molecule has 0 aliphatic rings. The van der Waals surface area contributed by atoms with E-state index in [0.29, 0.717) is 21.0 Å². The largest absolute Gasteiger partial charge is 0.330 e. The van der Waals surface area contributed by atoms with Crippen LogP contribution in [0.5, 0.6) is 0 Å². The van der Waals surface area contributed by atoms with Crippen molar-refractivity contribution in [2.24, 2.45) is 0 Å². The van der Waals surface area contributed by atoms with E-state index in [1.165, 1.54) is 6.07 Å². The lowest BCUT2D eigenvalue weighted by Crippen LogP contribution is -1.96. The van der Waals surface area contributed by atoms with Gasteiger partial charge in [-0.15, -0.1) is 0 Å². The van der Waals surface area contributed by atoms with Crippen LogP contribution in [0.3, 0.4) is 0 Å². The fraction of sp³-hybridized carbons (Fsp3) is 0. The van der Waals surface area contributed by atoms with Crippen molar-refractivity contribution in [2.45, 2.75) is 0 Å². The maximum Gasteiger partial charge on any atom is 0.182 e. The number of nitrogens with zero attached hydrogens (tertiary/aromatic N) is 1. The second-order valence-corrected chi connectivity index (χ2v) is 4.85. The summed E-state index contributed by atoms with van der Waals surface area (Å²) in [6.07, 6.45) is 0. The van der Waals surface area contributed by atoms with E-state index in [0.717, 1.165) is 17.6 Å². The molecule has 1 aromatic heterocycles. The molecule has 2 nitrogen and oxygen atoms in total. The van der Waals surface area contributed by atoms with Gasteiger partial charge in [0, 0.05) is 11.1 Å². The van der Waals surface area contributed by atoms with Crippen LogP contribution < -0.4 is 0 Å². The molecule has 3 rings (SSSR count). The first kappa shape index (κ1) is 12.3. The predicted molar refractivity (Wildman–Crippen MR) is 73.4 cm³/mol. The molecular weight excluding hydrogens is 290 g/mol. The van der Waals surface area contributed by atoms with Crippen LogP contribution in [0.4, 0.5) is 8.78 Å². The van der Waals surface area contributed by atoms with Gasteiger partial charge in [0.05, 0.1) is 16.7 Å². The van der Waals surface area contributed by atoms with Gasteiger partial charge in [0.25, 0.3) is 0 Å². The molecule has 19 heavy (non-hydrogen) atoms. The summed E-state index contributed by atoms with van der Waals surface area (Å²) in [5.74, 6) is -1.82. The lowest BCUT2D eigenvalue weighted by molar-refractivity contribution is 0.508. The summed E-state index contributed by atoms with van der Waals surface area (Å²) < 4.78 is 28.3. The van der Waals surface area contributed by atoms with E-state index in [-0.39, 0.29) is 0 Å². The summed E-state index contributed by atoms with van der Waals surface area (Å²) in [5, 5.41) is 0.540. The molecule has 0 unspecified atom stereocenters. The number of hydrogen-bond acceptors (Lipinski definition) is 1. The minimum Gasteiger partial charge on any atom is -0.330 e. The van der Waals surface area contributed by atoms with Gasteiger partial charge in [0.15, 0.2) is 16.4 Å². The molecular formula is C13H7ClF2N2S. The van der Waals surface area contributed by atoms with Crippen LogP contribution in [0.25, 0.3) is 16.7 Å². The Morgan fingerprint density at radius 3 is 2.58 bits per heavy atom. The molecule has 0 aliphatic carbocycles. The van der Waals surface area contributed by atoms with Crippen LogP contribution in [-0.4, -0.2) is 9.55 Å². The summed E-state index contributed by atoms with van der Waals surface area (Å²) in [6.45, 7) is 0. The monoisotopic (exact) mass is 296 g/mol. The van der Waals surface area contributed by atoms with Gasteiger partial charge < -0.3 is 4.98 Å². The third-order valence-electron chi connectivity index (χ3n) is 2.81. The maximum atomic E-state index is 13.3. The minimum absolute atomic E-state index is 0.392. The predicted octanol–water partition coefficient (Wildman–Crippen LogP) is 4.62. The fourth-order valence-electron chi connectivity index (χ4n) is 1.96. The third-order valence-corrected chi connectivity index (χ3v) is 3.33. The number of imidazole rings is 1. The Hall–Kier alpha value is -1.72. The lowest BCUT2D eigenvalue weighted by Gasteiger charge is -2.05. The van der Waals surface area contributed by atoms with E-state index in [9.17, 15) is 8.78 Å². The minimum atomic E-state index is -0.921. The van der Waals surface area contributed by atoms with Crippen molar-refractivity contribution in [3.63, 3.8) is 0 Å². The van der Waals surface area contributed by atoms with Crippen LogP contribution >= 0.6 is 23.8 Å². The zero-order chi connectivity index (χ0) is 13.6. The first-order valence-electron chi connectivity index (χ1n) is 5.42. The van der Waals surface area contributed by atoms with Crippen LogP contribution in [-0.2, 0) is 0 Å². The summed E-state index contributed by atoms with van der Waals surface area (Å²) >= 11 is 11.2. The average Bonchev–Trinajstić information content (AvgIpc) is 2.68. The molecule has 0 fully saturated rings. The number of H-pyrrole nitrogens is 1. The first-order valence-corrected chi connectivity index (χ1v) is 6.20. The van der Waals surface area contributed by atoms with Gasteiger partial charge in [0.2, 0.25) is 0 Å². The summed E-state index contributed by atoms with van der Waals surface area (Å²) in [4.78, 5) is 2.99. The highest BCUT2D eigenvalue weighted by molar-refractivity contribution is 7.71. The van der Waals surface area contributed by atoms with E-state index in [1.807, 2.05) is 0 Å². The van der Waals surface area contributed by atoms with Gasteiger partial charge in [0.1, 0.15) is 0 Å². The van der Waals surface area contributed by atoms with Crippen molar-refractivity contribution in [3.05, 3.63) is 57.8 Å². The second-order valence-electron chi connectivity index (χ2n) is 4.03. The zero-order valence-electron chi connectivity index (χ0n) is 9.45. The Morgan fingerprint density at radius 1 is 1.05 bits per heavy atom. The molecule has 6 heteroatoms. The summed E-state index contributed by atoms with van der Waals surface area (Å²) in [5.41, 5.74) is 1.93. The molecule has 0 bridgehead atoms. The lowest BCUT2D eigenvalue weighted by atomic mass is 10.2. The van der Waals surface area contributed by atoms with E-state index < -0.39 is 11.6 Å². The molecule has 3 aromatic rings. The third kappa shape index (κ3) is 2.05. The first-order chi connectivity index (χ1) is 9.06. The normalized spacial score (nSPS) is 11.1. The van der Waals surface area contributed by atoms with Crippen LogP contribution in [0.1, 0.15) is 0 Å². The number of benzene rings is 2. The van der Waals surface area contributed by atoms with E-state index in [2.05, 4.69) is 4.98 Å². The number of nitrogens with one attached hydrogen (secondary N) is 1. The summed E-state index contributed by atoms with van der Waals surface area (Å²) in [6, 6.07) is 8.84. The molecule has 0 atom stereocenters. The number of aromatic nitrogens is 2. The highest BCUT2D eigenvalue weighted by Crippen LogP contribution is 2.23. The van der Waals surface area contributed by atoms with Crippen molar-refractivity contribution in [3.8, 4) is 5.69 Å². The van der Waals surface area contributed by atoms with Gasteiger partial charge in [-0.2, -0.15) is 0 Å². The standard InChI is InChI=1S/C13H7ClF2N2S/c14-7-1-4-11-12(5-7)18(13(19)17-11)8-2-3-9(15)10(16)6-8/h1-6H,(H,17,19). The highest BCUT2D eigenvalue weighted by atomic mass is 35.5. The Kier molecular flexibility index (Phi) is 2.88. The number of rotatable bonds is 1. The molecule has 0 aliphatic heterocycles. The number of aromatic amines is 1. The van der Waals surface area contributed by atoms with Gasteiger partial charge >= 0.3 is 0 Å². The number of hydrogen-bond donors (Lipinski definition) is 1. The van der Waals surface area contributed by atoms with Crippen LogP contribution in [0, 0.1) is 16.4 Å². The molecule has 1 heterocycles. The zero-order valence-corrected chi connectivity index (χ0v) is 11.0. The average molecular weight is 297 g/mol. The summed E-state index contributed by atoms with van der Waals surface area (Å²) in [7, 11) is 0. The molecule has 96 valence electrons. The molecule has 0 radical (unpaired) electrons. The second kappa shape index (κ2) is 4.43. The van der Waals surface area contributed by atoms with Crippen molar-refractivity contribution >= 4 is 34.9 Å². The smallest absolute Gasteiger partial charge is 0.182 e. The quantitative estimate of drug-likeness (QED) is 0.650. The van der Waals surface area contributed by atoms with Gasteiger partial charge in [-0.3, -0.25) is 4.57 Å². The van der Waals surface area contributed by atoms with Gasteiger partial charge in [-0.25, -0.2) is 8.78 Å². The Bertz CT molecular complexity index is 838. The molecule has 0 spiro atoms. The number of fused-ring (bicyclic) bond motifs is 1. The Balaban J connectivity index is 2.35. The molecule has 1 N–H and O–H groups in total. The Morgan fingerprint density at radius 2 is 1.84 bits per heavy atom. The van der Waals surface area contributed by atoms with Crippen LogP contribution in [0.2, 0.25) is 5.02 Å². The SMILES string of the molecule is Fc1ccc(-n2c(=S)[nH]c3ccc(Cl)cc32)cc1F. The van der Waals surface area contributed by atoms with E-state index in [4.69, 9.17) is 23.8 Å². The topological polar surface area (TPSA) is 20.7 Å².